The third kappa shape index (κ3) is 5.37. The maximum Gasteiger partial charge on any atom is 0.250 e. The van der Waals surface area contributed by atoms with Gasteiger partial charge in [-0.3, -0.25) is 14.3 Å². The predicted octanol–water partition coefficient (Wildman–Crippen LogP) is 3.53. The van der Waals surface area contributed by atoms with E-state index >= 15 is 0 Å². The highest BCUT2D eigenvalue weighted by Gasteiger charge is 2.15. The Morgan fingerprint density at radius 2 is 2.21 bits per heavy atom. The fourth-order valence-corrected chi connectivity index (χ4v) is 3.46. The summed E-state index contributed by atoms with van der Waals surface area (Å²) in [5.74, 6) is 0.652. The molecule has 2 heterocycles. The third-order valence-corrected chi connectivity index (χ3v) is 4.99. The SMILES string of the molecule is C=CCn1c(SCC(=O)N/N=C\c2cccnc2)nnc1-c1cccc(Br)c1. The number of allylic oxidation sites excluding steroid dienone is 1. The zero-order chi connectivity index (χ0) is 19.8. The molecule has 0 saturated heterocycles. The van der Waals surface area contributed by atoms with Gasteiger partial charge in [-0.25, -0.2) is 5.43 Å². The van der Waals surface area contributed by atoms with Crippen molar-refractivity contribution in [1.82, 2.24) is 25.2 Å². The second-order valence-corrected chi connectivity index (χ2v) is 7.44. The number of carbonyl (C=O) groups excluding carboxylic acids is 1. The second-order valence-electron chi connectivity index (χ2n) is 5.58. The smallest absolute Gasteiger partial charge is 0.250 e. The van der Waals surface area contributed by atoms with Crippen LogP contribution in [-0.4, -0.2) is 37.6 Å². The average molecular weight is 457 g/mol. The fourth-order valence-electron chi connectivity index (χ4n) is 2.32. The van der Waals surface area contributed by atoms with E-state index in [1.54, 1.807) is 30.8 Å². The molecule has 3 rings (SSSR count). The van der Waals surface area contributed by atoms with Gasteiger partial charge in [0.25, 0.3) is 5.91 Å². The zero-order valence-corrected chi connectivity index (χ0v) is 17.2. The monoisotopic (exact) mass is 456 g/mol. The van der Waals surface area contributed by atoms with Crippen molar-refractivity contribution in [3.05, 3.63) is 71.5 Å². The van der Waals surface area contributed by atoms with Crippen molar-refractivity contribution >= 4 is 39.8 Å². The van der Waals surface area contributed by atoms with Gasteiger partial charge >= 0.3 is 0 Å². The van der Waals surface area contributed by atoms with Gasteiger partial charge in [0.1, 0.15) is 0 Å². The number of amides is 1. The molecular weight excluding hydrogens is 440 g/mol. The number of nitrogens with one attached hydrogen (secondary N) is 1. The summed E-state index contributed by atoms with van der Waals surface area (Å²) in [6.45, 7) is 4.33. The van der Waals surface area contributed by atoms with E-state index in [1.807, 2.05) is 34.9 Å². The minimum Gasteiger partial charge on any atom is -0.298 e. The van der Waals surface area contributed by atoms with Crippen molar-refractivity contribution in [1.29, 1.82) is 0 Å². The maximum absolute atomic E-state index is 12.1. The number of nitrogens with zero attached hydrogens (tertiary/aromatic N) is 5. The number of rotatable bonds is 8. The molecule has 1 amide bonds. The Hall–Kier alpha value is -2.78. The Morgan fingerprint density at radius 3 is 2.96 bits per heavy atom. The molecule has 1 N–H and O–H groups in total. The number of halogens is 1. The Labute approximate surface area is 175 Å². The molecule has 7 nitrogen and oxygen atoms in total. The molecule has 0 aliphatic heterocycles. The third-order valence-electron chi connectivity index (χ3n) is 3.53. The van der Waals surface area contributed by atoms with Crippen molar-refractivity contribution in [3.8, 4) is 11.4 Å². The normalized spacial score (nSPS) is 10.9. The van der Waals surface area contributed by atoms with Gasteiger partial charge < -0.3 is 0 Å². The molecule has 0 spiro atoms. The average Bonchev–Trinajstić information content (AvgIpc) is 3.10. The molecule has 2 aromatic heterocycles. The minimum atomic E-state index is -0.234. The lowest BCUT2D eigenvalue weighted by atomic mass is 10.2. The van der Waals surface area contributed by atoms with Gasteiger partial charge in [0, 0.05) is 34.5 Å². The van der Waals surface area contributed by atoms with Crippen molar-refractivity contribution in [2.45, 2.75) is 11.7 Å². The van der Waals surface area contributed by atoms with Gasteiger partial charge in [-0.15, -0.1) is 16.8 Å². The molecular formula is C19H17BrN6OS. The first-order chi connectivity index (χ1) is 13.7. The van der Waals surface area contributed by atoms with E-state index in [1.165, 1.54) is 11.8 Å². The number of hydrogen-bond acceptors (Lipinski definition) is 6. The van der Waals surface area contributed by atoms with Crippen LogP contribution < -0.4 is 5.43 Å². The van der Waals surface area contributed by atoms with Crippen LogP contribution in [-0.2, 0) is 11.3 Å². The molecule has 0 bridgehead atoms. The van der Waals surface area contributed by atoms with Crippen molar-refractivity contribution in [3.63, 3.8) is 0 Å². The topological polar surface area (TPSA) is 85.1 Å². The second kappa shape index (κ2) is 9.95. The summed E-state index contributed by atoms with van der Waals surface area (Å²) in [6, 6.07) is 11.5. The van der Waals surface area contributed by atoms with Gasteiger partial charge in [-0.05, 0) is 18.2 Å². The lowest BCUT2D eigenvalue weighted by molar-refractivity contribution is -0.118. The lowest BCUT2D eigenvalue weighted by Gasteiger charge is -2.07. The number of thioether (sulfide) groups is 1. The van der Waals surface area contributed by atoms with E-state index in [-0.39, 0.29) is 11.7 Å². The number of hydrazone groups is 1. The van der Waals surface area contributed by atoms with E-state index in [2.05, 4.69) is 48.2 Å². The Morgan fingerprint density at radius 1 is 1.32 bits per heavy atom. The number of carbonyl (C=O) groups is 1. The summed E-state index contributed by atoms with van der Waals surface area (Å²) in [4.78, 5) is 16.0. The Balaban J connectivity index is 1.64. The van der Waals surface area contributed by atoms with Gasteiger partial charge in [0.05, 0.1) is 12.0 Å². The molecule has 0 atom stereocenters. The molecule has 0 fully saturated rings. The van der Waals surface area contributed by atoms with Crippen LogP contribution >= 0.6 is 27.7 Å². The van der Waals surface area contributed by atoms with Crippen LogP contribution in [0.15, 0.2) is 76.2 Å². The van der Waals surface area contributed by atoms with Crippen LogP contribution in [0.2, 0.25) is 0 Å². The first kappa shape index (κ1) is 20.0. The molecule has 28 heavy (non-hydrogen) atoms. The highest BCUT2D eigenvalue weighted by atomic mass is 79.9. The number of pyridine rings is 1. The van der Waals surface area contributed by atoms with Crippen molar-refractivity contribution < 1.29 is 4.79 Å². The van der Waals surface area contributed by atoms with Crippen molar-refractivity contribution in [2.75, 3.05) is 5.75 Å². The molecule has 0 aliphatic rings. The van der Waals surface area contributed by atoms with Crippen LogP contribution in [0.5, 0.6) is 0 Å². The Kier molecular flexibility index (Phi) is 7.10. The van der Waals surface area contributed by atoms with E-state index in [4.69, 9.17) is 0 Å². The molecule has 1 aromatic carbocycles. The largest absolute Gasteiger partial charge is 0.298 e. The quantitative estimate of drug-likeness (QED) is 0.242. The van der Waals surface area contributed by atoms with E-state index in [9.17, 15) is 4.79 Å². The molecule has 142 valence electrons. The minimum absolute atomic E-state index is 0.165. The standard InChI is InChI=1S/C19H17BrN6OS/c1-2-9-26-18(15-6-3-7-16(20)10-15)24-25-19(26)28-13-17(27)23-22-12-14-5-4-8-21-11-14/h2-8,10-12H,1,9,13H2,(H,23,27)/b22-12-. The van der Waals surface area contributed by atoms with Crippen LogP contribution in [0.3, 0.4) is 0 Å². The number of hydrogen-bond donors (Lipinski definition) is 1. The fraction of sp³-hybridized carbons (Fsp3) is 0.105. The van der Waals surface area contributed by atoms with Gasteiger partial charge in [-0.2, -0.15) is 5.10 Å². The summed E-state index contributed by atoms with van der Waals surface area (Å²) < 4.78 is 2.88. The summed E-state index contributed by atoms with van der Waals surface area (Å²) in [5.41, 5.74) is 4.23. The van der Waals surface area contributed by atoms with E-state index < -0.39 is 0 Å². The molecule has 3 aromatic rings. The highest BCUT2D eigenvalue weighted by Crippen LogP contribution is 2.26. The van der Waals surface area contributed by atoms with Gasteiger partial charge in [-0.1, -0.05) is 52.0 Å². The van der Waals surface area contributed by atoms with Crippen LogP contribution in [0.25, 0.3) is 11.4 Å². The van der Waals surface area contributed by atoms with Crippen LogP contribution in [0.4, 0.5) is 0 Å². The van der Waals surface area contributed by atoms with Crippen molar-refractivity contribution in [2.24, 2.45) is 5.10 Å². The Bertz CT molecular complexity index is 989. The number of aromatic nitrogens is 4. The number of benzene rings is 1. The highest BCUT2D eigenvalue weighted by molar-refractivity contribution is 9.10. The molecule has 0 unspecified atom stereocenters. The van der Waals surface area contributed by atoms with Gasteiger partial charge in [0.2, 0.25) is 0 Å². The van der Waals surface area contributed by atoms with Gasteiger partial charge in [0.15, 0.2) is 11.0 Å². The molecule has 0 aliphatic carbocycles. The summed E-state index contributed by atoms with van der Waals surface area (Å²) in [7, 11) is 0. The lowest BCUT2D eigenvalue weighted by Crippen LogP contribution is -2.20. The van der Waals surface area contributed by atoms with E-state index in [0.717, 1.165) is 21.4 Å². The maximum atomic E-state index is 12.1. The molecule has 9 heteroatoms. The van der Waals surface area contributed by atoms with Crippen LogP contribution in [0, 0.1) is 0 Å². The summed E-state index contributed by atoms with van der Waals surface area (Å²) in [6.07, 6.45) is 6.65. The summed E-state index contributed by atoms with van der Waals surface area (Å²) >= 11 is 4.76. The first-order valence-corrected chi connectivity index (χ1v) is 10.1. The molecule has 0 saturated carbocycles. The van der Waals surface area contributed by atoms with E-state index in [0.29, 0.717) is 11.7 Å². The zero-order valence-electron chi connectivity index (χ0n) is 14.8. The first-order valence-electron chi connectivity index (χ1n) is 8.32. The van der Waals surface area contributed by atoms with Crippen LogP contribution in [0.1, 0.15) is 5.56 Å². The predicted molar refractivity (Wildman–Crippen MR) is 114 cm³/mol. The summed E-state index contributed by atoms with van der Waals surface area (Å²) in [5, 5.41) is 13.1. The molecule has 0 radical (unpaired) electrons.